The van der Waals surface area contributed by atoms with E-state index in [1.165, 1.54) is 0 Å². The Labute approximate surface area is 90.2 Å². The van der Waals surface area contributed by atoms with Gasteiger partial charge in [-0.25, -0.2) is 0 Å². The molecule has 0 radical (unpaired) electrons. The second-order valence-corrected chi connectivity index (χ2v) is 3.11. The van der Waals surface area contributed by atoms with Crippen LogP contribution in [0.5, 0.6) is 0 Å². The van der Waals surface area contributed by atoms with Crippen molar-refractivity contribution in [1.82, 2.24) is 5.32 Å². The molecule has 0 saturated heterocycles. The number of carbonyl (C=O) groups excluding carboxylic acids is 1. The molecule has 0 aliphatic carbocycles. The smallest absolute Gasteiger partial charge is 0.251 e. The van der Waals surface area contributed by atoms with Gasteiger partial charge in [-0.05, 0) is 31.5 Å². The number of amides is 1. The van der Waals surface area contributed by atoms with Crippen LogP contribution in [0.15, 0.2) is 29.3 Å². The zero-order chi connectivity index (χ0) is 11.1. The Balaban J connectivity index is 2.71. The molecule has 0 atom stereocenters. The minimum Gasteiger partial charge on any atom is -0.352 e. The molecule has 3 nitrogen and oxygen atoms in total. The number of hydrogen-bond acceptors (Lipinski definition) is 2. The second kappa shape index (κ2) is 5.96. The van der Waals surface area contributed by atoms with E-state index in [2.05, 4.69) is 10.3 Å². The fraction of sp³-hybridized carbons (Fsp3) is 0.333. The van der Waals surface area contributed by atoms with E-state index in [1.54, 1.807) is 0 Å². The van der Waals surface area contributed by atoms with Gasteiger partial charge in [0.15, 0.2) is 0 Å². The van der Waals surface area contributed by atoms with Crippen molar-refractivity contribution in [1.29, 1.82) is 0 Å². The largest absolute Gasteiger partial charge is 0.352 e. The number of benzene rings is 1. The van der Waals surface area contributed by atoms with Crippen LogP contribution in [0.1, 0.15) is 29.8 Å². The predicted molar refractivity (Wildman–Crippen MR) is 62.6 cm³/mol. The molecule has 1 aromatic carbocycles. The van der Waals surface area contributed by atoms with Gasteiger partial charge in [0.2, 0.25) is 0 Å². The fourth-order valence-corrected chi connectivity index (χ4v) is 1.18. The summed E-state index contributed by atoms with van der Waals surface area (Å²) in [6.07, 6.45) is 1.81. The number of hydrogen-bond donors (Lipinski definition) is 1. The molecule has 0 fully saturated rings. The number of rotatable bonds is 4. The minimum atomic E-state index is -0.0310. The van der Waals surface area contributed by atoms with Crippen LogP contribution in [0.3, 0.4) is 0 Å². The van der Waals surface area contributed by atoms with Crippen molar-refractivity contribution >= 4 is 12.1 Å². The average molecular weight is 204 g/mol. The zero-order valence-electron chi connectivity index (χ0n) is 9.16. The Morgan fingerprint density at radius 3 is 2.53 bits per heavy atom. The number of nitrogens with zero attached hydrogens (tertiary/aromatic N) is 1. The highest BCUT2D eigenvalue weighted by Gasteiger charge is 2.01. The first-order chi connectivity index (χ1) is 7.27. The molecule has 3 heteroatoms. The third-order valence-electron chi connectivity index (χ3n) is 1.93. The highest BCUT2D eigenvalue weighted by molar-refractivity contribution is 5.94. The van der Waals surface area contributed by atoms with Crippen molar-refractivity contribution < 1.29 is 4.79 Å². The Morgan fingerprint density at radius 2 is 2.00 bits per heavy atom. The van der Waals surface area contributed by atoms with E-state index in [4.69, 9.17) is 0 Å². The molecular formula is C12H16N2O. The van der Waals surface area contributed by atoms with Crippen LogP contribution in [0.4, 0.5) is 0 Å². The third kappa shape index (κ3) is 3.54. The zero-order valence-corrected chi connectivity index (χ0v) is 9.16. The van der Waals surface area contributed by atoms with Gasteiger partial charge < -0.3 is 5.32 Å². The van der Waals surface area contributed by atoms with Gasteiger partial charge in [-0.15, -0.1) is 0 Å². The predicted octanol–water partition coefficient (Wildman–Crippen LogP) is 1.88. The van der Waals surface area contributed by atoms with E-state index >= 15 is 0 Å². The molecule has 0 unspecified atom stereocenters. The van der Waals surface area contributed by atoms with E-state index < -0.39 is 0 Å². The van der Waals surface area contributed by atoms with Gasteiger partial charge in [0.1, 0.15) is 0 Å². The fourth-order valence-electron chi connectivity index (χ4n) is 1.18. The van der Waals surface area contributed by atoms with Crippen molar-refractivity contribution in [3.8, 4) is 0 Å². The summed E-state index contributed by atoms with van der Waals surface area (Å²) >= 11 is 0. The van der Waals surface area contributed by atoms with Crippen molar-refractivity contribution in [3.63, 3.8) is 0 Å². The van der Waals surface area contributed by atoms with E-state index in [0.717, 1.165) is 12.1 Å². The van der Waals surface area contributed by atoms with E-state index in [1.807, 2.05) is 44.3 Å². The lowest BCUT2D eigenvalue weighted by atomic mass is 10.1. The van der Waals surface area contributed by atoms with Crippen LogP contribution in [-0.4, -0.2) is 25.2 Å². The summed E-state index contributed by atoms with van der Waals surface area (Å²) in [6.45, 7) is 5.32. The summed E-state index contributed by atoms with van der Waals surface area (Å²) in [4.78, 5) is 15.6. The molecule has 0 spiro atoms. The normalized spacial score (nSPS) is 10.5. The lowest BCUT2D eigenvalue weighted by molar-refractivity contribution is 0.0956. The topological polar surface area (TPSA) is 41.5 Å². The molecule has 0 aromatic heterocycles. The maximum absolute atomic E-state index is 11.4. The number of carbonyl (C=O) groups is 1. The molecule has 15 heavy (non-hydrogen) atoms. The molecule has 0 heterocycles. The highest BCUT2D eigenvalue weighted by atomic mass is 16.1. The first-order valence-electron chi connectivity index (χ1n) is 5.16. The molecule has 0 aliphatic rings. The standard InChI is InChI=1S/C12H16N2O/c1-3-13-9-10-5-7-11(8-6-10)12(15)14-4-2/h5-9H,3-4H2,1-2H3,(H,14,15). The summed E-state index contributed by atoms with van der Waals surface area (Å²) in [5.74, 6) is -0.0310. The monoisotopic (exact) mass is 204 g/mol. The molecule has 1 aromatic rings. The number of nitrogens with one attached hydrogen (secondary N) is 1. The van der Waals surface area contributed by atoms with Gasteiger partial charge in [-0.1, -0.05) is 12.1 Å². The van der Waals surface area contributed by atoms with Crippen LogP contribution in [0.25, 0.3) is 0 Å². The molecular weight excluding hydrogens is 188 g/mol. The van der Waals surface area contributed by atoms with Crippen molar-refractivity contribution in [3.05, 3.63) is 35.4 Å². The first kappa shape index (κ1) is 11.4. The average Bonchev–Trinajstić information content (AvgIpc) is 2.27. The summed E-state index contributed by atoms with van der Waals surface area (Å²) < 4.78 is 0. The first-order valence-corrected chi connectivity index (χ1v) is 5.16. The quantitative estimate of drug-likeness (QED) is 0.747. The molecule has 0 bridgehead atoms. The van der Waals surface area contributed by atoms with Gasteiger partial charge in [-0.3, -0.25) is 9.79 Å². The lowest BCUT2D eigenvalue weighted by Crippen LogP contribution is -2.22. The molecule has 0 aliphatic heterocycles. The van der Waals surface area contributed by atoms with E-state index in [9.17, 15) is 4.79 Å². The van der Waals surface area contributed by atoms with Crippen LogP contribution in [-0.2, 0) is 0 Å². The van der Waals surface area contributed by atoms with Gasteiger partial charge in [0, 0.05) is 24.9 Å². The second-order valence-electron chi connectivity index (χ2n) is 3.11. The lowest BCUT2D eigenvalue weighted by Gasteiger charge is -2.01. The van der Waals surface area contributed by atoms with E-state index in [0.29, 0.717) is 12.1 Å². The van der Waals surface area contributed by atoms with Crippen LogP contribution in [0.2, 0.25) is 0 Å². The van der Waals surface area contributed by atoms with Crippen molar-refractivity contribution in [2.45, 2.75) is 13.8 Å². The summed E-state index contributed by atoms with van der Waals surface area (Å²) in [5, 5.41) is 2.75. The maximum Gasteiger partial charge on any atom is 0.251 e. The van der Waals surface area contributed by atoms with Crippen LogP contribution < -0.4 is 5.32 Å². The maximum atomic E-state index is 11.4. The van der Waals surface area contributed by atoms with E-state index in [-0.39, 0.29) is 5.91 Å². The number of aliphatic imine (C=N–C) groups is 1. The van der Waals surface area contributed by atoms with Crippen LogP contribution in [0, 0.1) is 0 Å². The molecule has 1 rings (SSSR count). The van der Waals surface area contributed by atoms with Crippen molar-refractivity contribution in [2.75, 3.05) is 13.1 Å². The molecule has 80 valence electrons. The van der Waals surface area contributed by atoms with Crippen molar-refractivity contribution in [2.24, 2.45) is 4.99 Å². The minimum absolute atomic E-state index is 0.0310. The summed E-state index contributed by atoms with van der Waals surface area (Å²) in [6, 6.07) is 7.40. The Bertz CT molecular complexity index is 341. The molecule has 1 amide bonds. The Hall–Kier alpha value is -1.64. The third-order valence-corrected chi connectivity index (χ3v) is 1.93. The van der Waals surface area contributed by atoms with Gasteiger partial charge in [0.05, 0.1) is 0 Å². The summed E-state index contributed by atoms with van der Waals surface area (Å²) in [5.41, 5.74) is 1.70. The Morgan fingerprint density at radius 1 is 1.33 bits per heavy atom. The van der Waals surface area contributed by atoms with Gasteiger partial charge in [-0.2, -0.15) is 0 Å². The SMILES string of the molecule is CCN=Cc1ccc(C(=O)NCC)cc1. The highest BCUT2D eigenvalue weighted by Crippen LogP contribution is 2.02. The molecule has 1 N–H and O–H groups in total. The van der Waals surface area contributed by atoms with Gasteiger partial charge in [0.25, 0.3) is 5.91 Å². The van der Waals surface area contributed by atoms with Crippen LogP contribution >= 0.6 is 0 Å². The summed E-state index contributed by atoms with van der Waals surface area (Å²) in [7, 11) is 0. The Kier molecular flexibility index (Phi) is 4.54. The molecule has 0 saturated carbocycles. The van der Waals surface area contributed by atoms with Gasteiger partial charge >= 0.3 is 0 Å².